The molecule has 0 unspecified atom stereocenters. The first kappa shape index (κ1) is 16.7. The molecule has 0 spiro atoms. The second kappa shape index (κ2) is 6.52. The van der Waals surface area contributed by atoms with Crippen molar-refractivity contribution in [2.24, 2.45) is 0 Å². The molecule has 0 saturated carbocycles. The highest BCUT2D eigenvalue weighted by Crippen LogP contribution is 2.46. The summed E-state index contributed by atoms with van der Waals surface area (Å²) in [4.78, 5) is 29.7. The molecule has 0 radical (unpaired) electrons. The number of pyridine rings is 1. The van der Waals surface area contributed by atoms with Crippen LogP contribution in [0.4, 0.5) is 0 Å². The number of Topliss-reactive ketones (excluding diaryl/α,β-unsaturated/α-hetero) is 1. The molecular formula is C20H12N2O2S2. The van der Waals surface area contributed by atoms with Gasteiger partial charge in [0.15, 0.2) is 0 Å². The number of hydrogen-bond acceptors (Lipinski definition) is 6. The number of rotatable bonds is 4. The molecule has 4 rings (SSSR count). The smallest absolute Gasteiger partial charge is 0.212 e. The van der Waals surface area contributed by atoms with Crippen LogP contribution in [-0.2, 0) is 4.79 Å². The van der Waals surface area contributed by atoms with Gasteiger partial charge >= 0.3 is 0 Å². The number of carbonyl (C=O) groups excluding carboxylic acids is 2. The Bertz CT molecular complexity index is 1100. The van der Waals surface area contributed by atoms with Crippen LogP contribution >= 0.6 is 23.1 Å². The number of nitrogens with zero attached hydrogens (tertiary/aromatic N) is 2. The summed E-state index contributed by atoms with van der Waals surface area (Å²) in [6.45, 7) is 1.49. The molecule has 4 nitrogen and oxygen atoms in total. The molecule has 2 heterocycles. The van der Waals surface area contributed by atoms with Crippen LogP contribution in [0.1, 0.15) is 28.5 Å². The fourth-order valence-corrected chi connectivity index (χ4v) is 4.63. The quantitative estimate of drug-likeness (QED) is 0.488. The van der Waals surface area contributed by atoms with E-state index in [1.165, 1.54) is 30.0 Å². The molecule has 3 aromatic rings. The van der Waals surface area contributed by atoms with Gasteiger partial charge in [-0.15, -0.1) is 11.3 Å². The third-order valence-electron chi connectivity index (χ3n) is 4.11. The average molecular weight is 376 g/mol. The maximum absolute atomic E-state index is 12.9. The van der Waals surface area contributed by atoms with Crippen molar-refractivity contribution in [3.8, 4) is 27.6 Å². The summed E-state index contributed by atoms with van der Waals surface area (Å²) < 4.78 is 0. The summed E-state index contributed by atoms with van der Waals surface area (Å²) in [6, 6.07) is 13.5. The molecule has 2 aromatic heterocycles. The van der Waals surface area contributed by atoms with Crippen LogP contribution in [0.15, 0.2) is 46.8 Å². The third-order valence-corrected chi connectivity index (χ3v) is 6.12. The van der Waals surface area contributed by atoms with Gasteiger partial charge in [0.05, 0.1) is 11.3 Å². The number of ketones is 2. The minimum Gasteiger partial charge on any atom is -0.299 e. The van der Waals surface area contributed by atoms with Gasteiger partial charge in [-0.3, -0.25) is 9.59 Å². The fourth-order valence-electron chi connectivity index (χ4n) is 3.06. The van der Waals surface area contributed by atoms with Gasteiger partial charge in [0, 0.05) is 21.6 Å². The Labute approximate surface area is 158 Å². The van der Waals surface area contributed by atoms with E-state index < -0.39 is 0 Å². The Morgan fingerprint density at radius 2 is 1.96 bits per heavy atom. The number of thioether (sulfide) groups is 1. The minimum atomic E-state index is -0.137. The average Bonchev–Trinajstić information content (AvgIpc) is 3.27. The molecule has 0 aliphatic heterocycles. The number of thiophene rings is 1. The predicted octanol–water partition coefficient (Wildman–Crippen LogP) is 4.57. The van der Waals surface area contributed by atoms with Crippen LogP contribution in [-0.4, -0.2) is 22.3 Å². The van der Waals surface area contributed by atoms with E-state index in [-0.39, 0.29) is 17.3 Å². The molecule has 0 atom stereocenters. The number of benzene rings is 1. The van der Waals surface area contributed by atoms with E-state index in [9.17, 15) is 14.9 Å². The van der Waals surface area contributed by atoms with E-state index in [4.69, 9.17) is 0 Å². The summed E-state index contributed by atoms with van der Waals surface area (Å²) in [5, 5.41) is 12.2. The van der Waals surface area contributed by atoms with Gasteiger partial charge in [0.25, 0.3) is 0 Å². The summed E-state index contributed by atoms with van der Waals surface area (Å²) in [6.07, 6.45) is 0. The first-order valence-electron chi connectivity index (χ1n) is 7.90. The topological polar surface area (TPSA) is 70.8 Å². The van der Waals surface area contributed by atoms with Gasteiger partial charge in [-0.25, -0.2) is 4.98 Å². The van der Waals surface area contributed by atoms with E-state index in [0.717, 1.165) is 21.6 Å². The lowest BCUT2D eigenvalue weighted by Crippen LogP contribution is -2.04. The monoisotopic (exact) mass is 376 g/mol. The molecule has 1 aliphatic rings. The van der Waals surface area contributed by atoms with Gasteiger partial charge in [-0.1, -0.05) is 42.1 Å². The van der Waals surface area contributed by atoms with Crippen LogP contribution in [0.2, 0.25) is 0 Å². The number of fused-ring (bicyclic) bond motifs is 3. The zero-order chi connectivity index (χ0) is 18.3. The second-order valence-electron chi connectivity index (χ2n) is 5.85. The van der Waals surface area contributed by atoms with Crippen molar-refractivity contribution >= 4 is 34.7 Å². The van der Waals surface area contributed by atoms with Gasteiger partial charge in [0.2, 0.25) is 5.78 Å². The van der Waals surface area contributed by atoms with E-state index >= 15 is 0 Å². The Morgan fingerprint density at radius 1 is 1.19 bits per heavy atom. The molecule has 0 amide bonds. The molecule has 6 heteroatoms. The van der Waals surface area contributed by atoms with Crippen molar-refractivity contribution in [2.75, 3.05) is 5.75 Å². The van der Waals surface area contributed by atoms with E-state index in [1.54, 1.807) is 6.07 Å². The SMILES string of the molecule is CC(=O)CSc1nc2c(c(-c3cccs3)c1C#N)-c1ccccc1C2=O. The fraction of sp³-hybridized carbons (Fsp3) is 0.100. The molecule has 0 fully saturated rings. The Hall–Kier alpha value is -2.75. The summed E-state index contributed by atoms with van der Waals surface area (Å²) in [7, 11) is 0. The standard InChI is InChI=1S/C20H12N2O2S2/c1-11(23)10-26-20-14(9-21)16(15-7-4-8-25-15)17-12-5-2-3-6-13(12)19(24)18(17)22-20/h2-8H,10H2,1H3. The highest BCUT2D eigenvalue weighted by atomic mass is 32.2. The van der Waals surface area contributed by atoms with Crippen molar-refractivity contribution in [3.05, 3.63) is 58.6 Å². The van der Waals surface area contributed by atoms with Crippen molar-refractivity contribution in [1.82, 2.24) is 4.98 Å². The Balaban J connectivity index is 2.06. The minimum absolute atomic E-state index is 0.00604. The normalized spacial score (nSPS) is 11.8. The largest absolute Gasteiger partial charge is 0.299 e. The maximum Gasteiger partial charge on any atom is 0.212 e. The lowest BCUT2D eigenvalue weighted by Gasteiger charge is -2.13. The molecule has 0 N–H and O–H groups in total. The number of carbonyl (C=O) groups is 2. The molecule has 26 heavy (non-hydrogen) atoms. The van der Waals surface area contributed by atoms with Crippen LogP contribution in [0.3, 0.4) is 0 Å². The van der Waals surface area contributed by atoms with Crippen molar-refractivity contribution in [1.29, 1.82) is 5.26 Å². The number of aromatic nitrogens is 1. The van der Waals surface area contributed by atoms with Gasteiger partial charge < -0.3 is 0 Å². The first-order valence-corrected chi connectivity index (χ1v) is 9.76. The lowest BCUT2D eigenvalue weighted by atomic mass is 9.97. The maximum atomic E-state index is 12.9. The molecule has 1 aromatic carbocycles. The molecule has 0 saturated heterocycles. The lowest BCUT2D eigenvalue weighted by molar-refractivity contribution is -0.114. The van der Waals surface area contributed by atoms with Gasteiger partial charge in [-0.05, 0) is 23.9 Å². The molecular weight excluding hydrogens is 364 g/mol. The van der Waals surface area contributed by atoms with Crippen LogP contribution in [0.5, 0.6) is 0 Å². The van der Waals surface area contributed by atoms with E-state index in [0.29, 0.717) is 21.8 Å². The molecule has 126 valence electrons. The summed E-state index contributed by atoms with van der Waals surface area (Å²) in [5.74, 6) is 0.0712. The Kier molecular flexibility index (Phi) is 4.19. The van der Waals surface area contributed by atoms with Crippen LogP contribution < -0.4 is 0 Å². The summed E-state index contributed by atoms with van der Waals surface area (Å²) in [5.41, 5.74) is 3.64. The van der Waals surface area contributed by atoms with Gasteiger partial charge in [-0.2, -0.15) is 5.26 Å². The van der Waals surface area contributed by atoms with Crippen LogP contribution in [0, 0.1) is 11.3 Å². The van der Waals surface area contributed by atoms with E-state index in [1.807, 2.05) is 35.7 Å². The third kappa shape index (κ3) is 2.57. The first-order chi connectivity index (χ1) is 12.6. The Morgan fingerprint density at radius 3 is 2.62 bits per heavy atom. The predicted molar refractivity (Wildman–Crippen MR) is 103 cm³/mol. The van der Waals surface area contributed by atoms with Crippen LogP contribution in [0.25, 0.3) is 21.6 Å². The second-order valence-corrected chi connectivity index (χ2v) is 7.76. The highest BCUT2D eigenvalue weighted by Gasteiger charge is 2.34. The van der Waals surface area contributed by atoms with Crippen molar-refractivity contribution in [3.63, 3.8) is 0 Å². The van der Waals surface area contributed by atoms with Crippen molar-refractivity contribution in [2.45, 2.75) is 11.9 Å². The zero-order valence-corrected chi connectivity index (χ0v) is 15.4. The molecule has 0 bridgehead atoms. The number of hydrogen-bond donors (Lipinski definition) is 0. The van der Waals surface area contributed by atoms with Crippen molar-refractivity contribution < 1.29 is 9.59 Å². The molecule has 1 aliphatic carbocycles. The zero-order valence-electron chi connectivity index (χ0n) is 13.8. The summed E-state index contributed by atoms with van der Waals surface area (Å²) >= 11 is 2.72. The number of nitriles is 1. The van der Waals surface area contributed by atoms with Gasteiger partial charge in [0.1, 0.15) is 22.6 Å². The highest BCUT2D eigenvalue weighted by molar-refractivity contribution is 8.00. The van der Waals surface area contributed by atoms with E-state index in [2.05, 4.69) is 11.1 Å².